The molecule has 260 valence electrons. The van der Waals surface area contributed by atoms with Crippen LogP contribution in [0.1, 0.15) is 64.0 Å². The molecule has 3 aliphatic rings. The number of fused-ring (bicyclic) bond motifs is 6. The molecule has 0 amide bonds. The molecule has 0 aliphatic heterocycles. The van der Waals surface area contributed by atoms with E-state index in [0.29, 0.717) is 5.92 Å². The molecule has 0 spiro atoms. The van der Waals surface area contributed by atoms with Gasteiger partial charge in [0.05, 0.1) is 11.0 Å². The Morgan fingerprint density at radius 3 is 1.57 bits per heavy atom. The monoisotopic (exact) mass is 694 g/mol. The van der Waals surface area contributed by atoms with E-state index in [1.807, 2.05) is 0 Å². The average molecular weight is 695 g/mol. The Bertz CT molecular complexity index is 2610. The van der Waals surface area contributed by atoms with Crippen molar-refractivity contribution in [2.24, 2.45) is 5.92 Å². The molecule has 7 aromatic rings. The molecule has 10 rings (SSSR count). The lowest BCUT2D eigenvalue weighted by Gasteiger charge is -2.14. The summed E-state index contributed by atoms with van der Waals surface area (Å²) in [6.07, 6.45) is 30.9. The molecular weight excluding hydrogens is 653 g/mol. The van der Waals surface area contributed by atoms with E-state index in [2.05, 4.69) is 197 Å². The lowest BCUT2D eigenvalue weighted by molar-refractivity contribution is 0.829. The van der Waals surface area contributed by atoms with Gasteiger partial charge in [-0.1, -0.05) is 140 Å². The van der Waals surface area contributed by atoms with Crippen molar-refractivity contribution >= 4 is 57.8 Å². The molecule has 0 bridgehead atoms. The van der Waals surface area contributed by atoms with Crippen LogP contribution in [0.3, 0.4) is 0 Å². The number of nitrogens with zero attached hydrogens (tertiary/aromatic N) is 2. The van der Waals surface area contributed by atoms with Crippen LogP contribution < -0.4 is 0 Å². The molecule has 0 radical (unpaired) electrons. The highest BCUT2D eigenvalue weighted by Gasteiger charge is 2.23. The summed E-state index contributed by atoms with van der Waals surface area (Å²) in [4.78, 5) is 0. The second-order valence-electron chi connectivity index (χ2n) is 14.7. The van der Waals surface area contributed by atoms with Crippen LogP contribution in [-0.2, 0) is 12.8 Å². The lowest BCUT2D eigenvalue weighted by atomic mass is 9.92. The maximum atomic E-state index is 2.47. The van der Waals surface area contributed by atoms with E-state index in [1.165, 1.54) is 72.4 Å². The first-order valence-electron chi connectivity index (χ1n) is 19.4. The number of benzene rings is 5. The van der Waals surface area contributed by atoms with Crippen LogP contribution in [-0.4, -0.2) is 9.13 Å². The van der Waals surface area contributed by atoms with E-state index in [4.69, 9.17) is 0 Å². The van der Waals surface area contributed by atoms with Gasteiger partial charge in [0, 0.05) is 33.5 Å². The van der Waals surface area contributed by atoms with Crippen LogP contribution in [0.5, 0.6) is 0 Å². The van der Waals surface area contributed by atoms with Gasteiger partial charge in [0.2, 0.25) is 0 Å². The van der Waals surface area contributed by atoms with Crippen LogP contribution >= 0.6 is 0 Å². The van der Waals surface area contributed by atoms with E-state index < -0.39 is 0 Å². The molecule has 3 aliphatic carbocycles. The number of hydrogen-bond acceptors (Lipinski definition) is 0. The molecule has 5 aromatic carbocycles. The molecule has 1 atom stereocenters. The third kappa shape index (κ3) is 5.94. The third-order valence-corrected chi connectivity index (χ3v) is 11.4. The Balaban J connectivity index is 0.778. The Labute approximate surface area is 317 Å². The van der Waals surface area contributed by atoms with Gasteiger partial charge in [0.1, 0.15) is 0 Å². The number of hydrogen-bond donors (Lipinski definition) is 0. The molecule has 0 N–H and O–H groups in total. The van der Waals surface area contributed by atoms with Crippen molar-refractivity contribution < 1.29 is 0 Å². The maximum Gasteiger partial charge on any atom is 0.0541 e. The zero-order chi connectivity index (χ0) is 35.8. The van der Waals surface area contributed by atoms with Crippen LogP contribution in [0.2, 0.25) is 0 Å². The zero-order valence-electron chi connectivity index (χ0n) is 30.4. The molecule has 1 unspecified atom stereocenters. The molecule has 54 heavy (non-hydrogen) atoms. The van der Waals surface area contributed by atoms with Crippen molar-refractivity contribution in [1.29, 1.82) is 0 Å². The molecule has 0 saturated heterocycles. The topological polar surface area (TPSA) is 9.86 Å². The minimum absolute atomic E-state index is 0.399. The van der Waals surface area contributed by atoms with E-state index in [9.17, 15) is 0 Å². The largest absolute Gasteiger partial charge is 0.310 e. The normalized spacial score (nSPS) is 16.4. The number of para-hydroxylation sites is 2. The van der Waals surface area contributed by atoms with Gasteiger partial charge in [0.25, 0.3) is 0 Å². The third-order valence-electron chi connectivity index (χ3n) is 11.4. The Morgan fingerprint density at radius 2 is 1.02 bits per heavy atom. The van der Waals surface area contributed by atoms with Crippen molar-refractivity contribution in [1.82, 2.24) is 9.13 Å². The minimum Gasteiger partial charge on any atom is -0.310 e. The number of aromatic nitrogens is 2. The average Bonchev–Trinajstić information content (AvgIpc) is 3.76. The highest BCUT2D eigenvalue weighted by atomic mass is 15.0. The Kier molecular flexibility index (Phi) is 8.30. The smallest absolute Gasteiger partial charge is 0.0541 e. The molecule has 2 heterocycles. The summed E-state index contributed by atoms with van der Waals surface area (Å²) in [7, 11) is 0. The summed E-state index contributed by atoms with van der Waals surface area (Å²) in [6.45, 7) is 0. The summed E-state index contributed by atoms with van der Waals surface area (Å²) in [5.74, 6) is 0.399. The van der Waals surface area contributed by atoms with Gasteiger partial charge in [0.15, 0.2) is 0 Å². The standard InChI is InChI=1S/C52H42N2/c1-5-13-49-45(9-1)46-10-2-6-14-50(46)53(49)43-33-25-39(26-34-43)19-17-37-21-29-41(30-22-37)42-31-23-38(24-32-42)18-20-40-27-35-44(36-28-40)54-51-15-7-3-11-47(51)48-12-4-8-16-52(48)54/h1-2,5-10,13-23,25-36,38H,3-4,11-12,24H2/b19-17+,20-18+. The predicted molar refractivity (Wildman–Crippen MR) is 231 cm³/mol. The molecular formula is C52H42N2. The first-order chi connectivity index (χ1) is 26.8. The molecule has 2 heteroatoms. The fraction of sp³-hybridized carbons (Fsp3) is 0.115. The van der Waals surface area contributed by atoms with Crippen LogP contribution in [0.4, 0.5) is 0 Å². The fourth-order valence-electron chi connectivity index (χ4n) is 8.62. The van der Waals surface area contributed by atoms with E-state index in [-0.39, 0.29) is 0 Å². The van der Waals surface area contributed by atoms with Gasteiger partial charge in [-0.15, -0.1) is 0 Å². The summed E-state index contributed by atoms with van der Waals surface area (Å²) >= 11 is 0. The first-order valence-corrected chi connectivity index (χ1v) is 19.4. The van der Waals surface area contributed by atoms with Gasteiger partial charge >= 0.3 is 0 Å². The SMILES string of the molecule is C1=Cc2c(c3c(n2-c2ccc(/C=C/C4C=CC(c5ccc(/C=C/c6ccc(-n7c8ccccc8c8ccccc87)cc6)cc5)=CC4)cc2)C=CCC3)CC1. The van der Waals surface area contributed by atoms with Crippen molar-refractivity contribution in [2.75, 3.05) is 0 Å². The zero-order valence-corrected chi connectivity index (χ0v) is 30.4. The molecule has 0 fully saturated rings. The minimum atomic E-state index is 0.399. The number of allylic oxidation sites excluding steroid dienone is 7. The van der Waals surface area contributed by atoms with Crippen molar-refractivity contribution in [3.05, 3.63) is 203 Å². The fourth-order valence-corrected chi connectivity index (χ4v) is 8.62. The molecule has 2 aromatic heterocycles. The summed E-state index contributed by atoms with van der Waals surface area (Å²) in [5, 5.41) is 2.57. The van der Waals surface area contributed by atoms with Gasteiger partial charge in [-0.05, 0) is 126 Å². The second-order valence-corrected chi connectivity index (χ2v) is 14.7. The van der Waals surface area contributed by atoms with E-state index in [1.54, 1.807) is 11.1 Å². The first kappa shape index (κ1) is 32.3. The second kappa shape index (κ2) is 13.9. The number of rotatable bonds is 7. The van der Waals surface area contributed by atoms with Crippen LogP contribution in [0.25, 0.3) is 69.1 Å². The van der Waals surface area contributed by atoms with Gasteiger partial charge in [-0.2, -0.15) is 0 Å². The molecule has 2 nitrogen and oxygen atoms in total. The molecule has 0 saturated carbocycles. The highest BCUT2D eigenvalue weighted by Crippen LogP contribution is 2.36. The Morgan fingerprint density at radius 1 is 0.500 bits per heavy atom. The lowest BCUT2D eigenvalue weighted by Crippen LogP contribution is -2.02. The summed E-state index contributed by atoms with van der Waals surface area (Å²) < 4.78 is 4.83. The van der Waals surface area contributed by atoms with Gasteiger partial charge < -0.3 is 9.13 Å². The quantitative estimate of drug-likeness (QED) is 0.147. The summed E-state index contributed by atoms with van der Waals surface area (Å²) in [5.41, 5.74) is 16.9. The maximum absolute atomic E-state index is 2.47. The predicted octanol–water partition coefficient (Wildman–Crippen LogP) is 13.3. The van der Waals surface area contributed by atoms with E-state index in [0.717, 1.165) is 32.1 Å². The highest BCUT2D eigenvalue weighted by molar-refractivity contribution is 6.09. The van der Waals surface area contributed by atoms with Gasteiger partial charge in [-0.3, -0.25) is 0 Å². The van der Waals surface area contributed by atoms with Crippen molar-refractivity contribution in [3.63, 3.8) is 0 Å². The Hall–Kier alpha value is -6.38. The van der Waals surface area contributed by atoms with Crippen molar-refractivity contribution in [2.45, 2.75) is 32.1 Å². The van der Waals surface area contributed by atoms with Gasteiger partial charge in [-0.25, -0.2) is 0 Å². The van der Waals surface area contributed by atoms with Crippen molar-refractivity contribution in [3.8, 4) is 11.4 Å². The summed E-state index contributed by atoms with van der Waals surface area (Å²) in [6, 6.07) is 44.2. The van der Waals surface area contributed by atoms with E-state index >= 15 is 0 Å². The van der Waals surface area contributed by atoms with Crippen LogP contribution in [0, 0.1) is 5.92 Å². The van der Waals surface area contributed by atoms with Crippen LogP contribution in [0.15, 0.2) is 158 Å².